The molecule has 0 aliphatic carbocycles. The highest BCUT2D eigenvalue weighted by Crippen LogP contribution is 2.33. The van der Waals surface area contributed by atoms with Crippen molar-refractivity contribution in [1.29, 1.82) is 0 Å². The summed E-state index contributed by atoms with van der Waals surface area (Å²) in [6.07, 6.45) is -3.11. The third-order valence-electron chi connectivity index (χ3n) is 1.88. The third-order valence-corrected chi connectivity index (χ3v) is 3.54. The zero-order chi connectivity index (χ0) is 13.3. The Balaban J connectivity index is 2.22. The lowest BCUT2D eigenvalue weighted by molar-refractivity contribution is -0.141. The predicted molar refractivity (Wildman–Crippen MR) is 61.9 cm³/mol. The zero-order valence-corrected chi connectivity index (χ0v) is 10.5. The summed E-state index contributed by atoms with van der Waals surface area (Å²) < 4.78 is 37.6. The summed E-state index contributed by atoms with van der Waals surface area (Å²) in [6, 6.07) is 0. The summed E-state index contributed by atoms with van der Waals surface area (Å²) >= 11 is 1.83. The molecule has 0 radical (unpaired) electrons. The van der Waals surface area contributed by atoms with E-state index in [0.717, 1.165) is 10.4 Å². The molecule has 96 valence electrons. The van der Waals surface area contributed by atoms with Crippen molar-refractivity contribution in [3.63, 3.8) is 0 Å². The van der Waals surface area contributed by atoms with E-state index in [9.17, 15) is 18.0 Å². The second kappa shape index (κ2) is 4.65. The molecule has 1 N–H and O–H groups in total. The number of carbonyl (C=O) groups excluding carboxylic acids is 1. The average Bonchev–Trinajstić information content (AvgIpc) is 2.85. The average molecular weight is 293 g/mol. The lowest BCUT2D eigenvalue weighted by Crippen LogP contribution is -2.17. The van der Waals surface area contributed by atoms with Crippen molar-refractivity contribution in [3.8, 4) is 0 Å². The van der Waals surface area contributed by atoms with Gasteiger partial charge in [0.2, 0.25) is 0 Å². The van der Waals surface area contributed by atoms with Crippen molar-refractivity contribution in [1.82, 2.24) is 9.97 Å². The molecule has 0 atom stereocenters. The van der Waals surface area contributed by atoms with Gasteiger partial charge in [-0.3, -0.25) is 10.1 Å². The van der Waals surface area contributed by atoms with E-state index < -0.39 is 22.7 Å². The number of alkyl halides is 3. The molecule has 0 saturated heterocycles. The van der Waals surface area contributed by atoms with E-state index in [2.05, 4.69) is 15.3 Å². The highest BCUT2D eigenvalue weighted by molar-refractivity contribution is 7.16. The number of halogens is 3. The van der Waals surface area contributed by atoms with E-state index in [-0.39, 0.29) is 5.13 Å². The number of nitrogens with one attached hydrogen (secondary N) is 1. The predicted octanol–water partition coefficient (Wildman–Crippen LogP) is 3.18. The van der Waals surface area contributed by atoms with Gasteiger partial charge in [0.05, 0.1) is 5.51 Å². The van der Waals surface area contributed by atoms with Crippen LogP contribution in [-0.2, 0) is 6.18 Å². The topological polar surface area (TPSA) is 54.9 Å². The molecule has 2 rings (SSSR count). The molecule has 0 aromatic carbocycles. The van der Waals surface area contributed by atoms with Crippen molar-refractivity contribution in [2.75, 3.05) is 5.32 Å². The minimum atomic E-state index is -4.63. The first-order valence-corrected chi connectivity index (χ1v) is 6.32. The summed E-state index contributed by atoms with van der Waals surface area (Å²) in [6.45, 7) is 1.78. The maximum atomic E-state index is 12.5. The van der Waals surface area contributed by atoms with Crippen LogP contribution in [0.3, 0.4) is 0 Å². The molecule has 0 saturated carbocycles. The van der Waals surface area contributed by atoms with Gasteiger partial charge in [-0.15, -0.1) is 22.7 Å². The highest BCUT2D eigenvalue weighted by Gasteiger charge is 2.38. The number of rotatable bonds is 2. The summed E-state index contributed by atoms with van der Waals surface area (Å²) in [5.74, 6) is -0.848. The Morgan fingerprint density at radius 3 is 2.67 bits per heavy atom. The van der Waals surface area contributed by atoms with Crippen molar-refractivity contribution >= 4 is 33.7 Å². The van der Waals surface area contributed by atoms with Crippen LogP contribution >= 0.6 is 22.7 Å². The Hall–Kier alpha value is -1.48. The number of anilines is 1. The Labute approximate surface area is 108 Å². The van der Waals surface area contributed by atoms with Crippen molar-refractivity contribution in [2.45, 2.75) is 13.1 Å². The van der Waals surface area contributed by atoms with Crippen LogP contribution < -0.4 is 5.32 Å². The van der Waals surface area contributed by atoms with E-state index in [1.807, 2.05) is 0 Å². The SMILES string of the molecule is Cc1cnc(NC(=O)c2scnc2C(F)(F)F)s1. The van der Waals surface area contributed by atoms with Crippen molar-refractivity contribution in [2.24, 2.45) is 0 Å². The fourth-order valence-electron chi connectivity index (χ4n) is 1.18. The fraction of sp³-hybridized carbons (Fsp3) is 0.222. The number of aryl methyl sites for hydroxylation is 1. The lowest BCUT2D eigenvalue weighted by atomic mass is 10.3. The first kappa shape index (κ1) is 13.0. The Morgan fingerprint density at radius 1 is 1.39 bits per heavy atom. The van der Waals surface area contributed by atoms with Crippen LogP contribution in [0.2, 0.25) is 0 Å². The van der Waals surface area contributed by atoms with Gasteiger partial charge in [-0.2, -0.15) is 13.2 Å². The van der Waals surface area contributed by atoms with Gasteiger partial charge in [-0.05, 0) is 6.92 Å². The van der Waals surface area contributed by atoms with Gasteiger partial charge in [0.25, 0.3) is 5.91 Å². The number of amides is 1. The quantitative estimate of drug-likeness (QED) is 0.925. The molecule has 2 heterocycles. The number of carbonyl (C=O) groups is 1. The Morgan fingerprint density at radius 2 is 2.11 bits per heavy atom. The molecular formula is C9H6F3N3OS2. The molecule has 0 aliphatic heterocycles. The summed E-state index contributed by atoms with van der Waals surface area (Å²) in [7, 11) is 0. The molecule has 2 aromatic heterocycles. The van der Waals surface area contributed by atoms with Crippen LogP contribution in [0, 0.1) is 6.92 Å². The Bertz CT molecular complexity index is 576. The molecule has 2 aromatic rings. The molecule has 18 heavy (non-hydrogen) atoms. The van der Waals surface area contributed by atoms with E-state index >= 15 is 0 Å². The second-order valence-corrected chi connectivity index (χ2v) is 5.35. The maximum absolute atomic E-state index is 12.5. The largest absolute Gasteiger partial charge is 0.434 e. The molecule has 0 unspecified atom stereocenters. The highest BCUT2D eigenvalue weighted by atomic mass is 32.1. The number of nitrogens with zero attached hydrogens (tertiary/aromatic N) is 2. The molecule has 0 spiro atoms. The maximum Gasteiger partial charge on any atom is 0.434 e. The molecule has 0 aliphatic rings. The molecule has 1 amide bonds. The van der Waals surface area contributed by atoms with Crippen LogP contribution in [-0.4, -0.2) is 15.9 Å². The van der Waals surface area contributed by atoms with Gasteiger partial charge in [-0.25, -0.2) is 9.97 Å². The number of aromatic nitrogens is 2. The first-order valence-electron chi connectivity index (χ1n) is 4.62. The van der Waals surface area contributed by atoms with E-state index in [4.69, 9.17) is 0 Å². The molecular weight excluding hydrogens is 287 g/mol. The van der Waals surface area contributed by atoms with E-state index in [1.54, 1.807) is 6.92 Å². The smallest absolute Gasteiger partial charge is 0.297 e. The van der Waals surface area contributed by atoms with Crippen molar-refractivity contribution < 1.29 is 18.0 Å². The van der Waals surface area contributed by atoms with Gasteiger partial charge in [0.1, 0.15) is 4.88 Å². The third kappa shape index (κ3) is 2.67. The minimum absolute atomic E-state index is 0.263. The van der Waals surface area contributed by atoms with Crippen LogP contribution in [0.1, 0.15) is 20.2 Å². The number of hydrogen-bond acceptors (Lipinski definition) is 5. The van der Waals surface area contributed by atoms with Crippen LogP contribution in [0.5, 0.6) is 0 Å². The summed E-state index contributed by atoms with van der Waals surface area (Å²) in [5, 5.41) is 2.58. The monoisotopic (exact) mass is 293 g/mol. The number of hydrogen-bond donors (Lipinski definition) is 1. The van der Waals surface area contributed by atoms with Gasteiger partial charge in [0, 0.05) is 11.1 Å². The van der Waals surface area contributed by atoms with Crippen LogP contribution in [0.4, 0.5) is 18.3 Å². The Kier molecular flexibility index (Phi) is 3.35. The summed E-state index contributed by atoms with van der Waals surface area (Å²) in [4.78, 5) is 19.1. The van der Waals surface area contributed by atoms with Gasteiger partial charge < -0.3 is 0 Å². The lowest BCUT2D eigenvalue weighted by Gasteiger charge is -2.05. The number of thiazole rings is 2. The van der Waals surface area contributed by atoms with E-state index in [1.165, 1.54) is 17.5 Å². The van der Waals surface area contributed by atoms with Crippen LogP contribution in [0.15, 0.2) is 11.7 Å². The van der Waals surface area contributed by atoms with Crippen molar-refractivity contribution in [3.05, 3.63) is 27.2 Å². The fourth-order valence-corrected chi connectivity index (χ4v) is 2.54. The van der Waals surface area contributed by atoms with Crippen LogP contribution in [0.25, 0.3) is 0 Å². The van der Waals surface area contributed by atoms with Gasteiger partial charge >= 0.3 is 6.18 Å². The van der Waals surface area contributed by atoms with E-state index in [0.29, 0.717) is 11.3 Å². The minimum Gasteiger partial charge on any atom is -0.297 e. The molecule has 4 nitrogen and oxygen atoms in total. The molecule has 0 fully saturated rings. The normalized spacial score (nSPS) is 11.6. The first-order chi connectivity index (χ1) is 8.38. The van der Waals surface area contributed by atoms with Gasteiger partial charge in [0.15, 0.2) is 10.8 Å². The molecule has 0 bridgehead atoms. The zero-order valence-electron chi connectivity index (χ0n) is 8.91. The molecule has 9 heteroatoms. The second-order valence-electron chi connectivity index (χ2n) is 3.26. The standard InChI is InChI=1S/C9H6F3N3OS2/c1-4-2-13-8(18-4)15-7(16)5-6(9(10,11)12)14-3-17-5/h2-3H,1H3,(H,13,15,16). The van der Waals surface area contributed by atoms with Gasteiger partial charge in [-0.1, -0.05) is 0 Å². The summed E-state index contributed by atoms with van der Waals surface area (Å²) in [5.41, 5.74) is -0.177.